The monoisotopic (exact) mass is 201 g/mol. The first kappa shape index (κ1) is 12.9. The van der Waals surface area contributed by atoms with Gasteiger partial charge in [-0.1, -0.05) is 13.8 Å². The molecule has 1 N–H and O–H groups in total. The molecule has 0 aromatic heterocycles. The zero-order chi connectivity index (χ0) is 11.3. The van der Waals surface area contributed by atoms with Crippen LogP contribution in [0, 0.1) is 11.8 Å². The van der Waals surface area contributed by atoms with E-state index in [0.717, 1.165) is 0 Å². The van der Waals surface area contributed by atoms with Gasteiger partial charge < -0.3 is 10.1 Å². The zero-order valence-corrected chi connectivity index (χ0v) is 9.46. The Hall–Kier alpha value is -1.06. The van der Waals surface area contributed by atoms with E-state index in [-0.39, 0.29) is 17.9 Å². The number of ether oxygens (including phenoxy) is 1. The standard InChI is InChI=1S/C10H19NO3/c1-6(2)8(10(13)14-5)9(12)11-7(3)4/h6-8H,1-5H3,(H,11,12). The maximum Gasteiger partial charge on any atom is 0.318 e. The summed E-state index contributed by atoms with van der Waals surface area (Å²) in [4.78, 5) is 22.9. The van der Waals surface area contributed by atoms with E-state index in [9.17, 15) is 9.59 Å². The van der Waals surface area contributed by atoms with Gasteiger partial charge in [0.15, 0.2) is 0 Å². The summed E-state index contributed by atoms with van der Waals surface area (Å²) in [6.07, 6.45) is 0. The Morgan fingerprint density at radius 2 is 1.64 bits per heavy atom. The Balaban J connectivity index is 4.50. The number of hydrogen-bond acceptors (Lipinski definition) is 3. The van der Waals surface area contributed by atoms with Crippen LogP contribution < -0.4 is 5.32 Å². The summed E-state index contributed by atoms with van der Waals surface area (Å²) in [5, 5.41) is 2.70. The van der Waals surface area contributed by atoms with E-state index >= 15 is 0 Å². The van der Waals surface area contributed by atoms with Gasteiger partial charge in [0.1, 0.15) is 5.92 Å². The molecule has 0 spiro atoms. The van der Waals surface area contributed by atoms with E-state index in [2.05, 4.69) is 10.1 Å². The quantitative estimate of drug-likeness (QED) is 0.544. The summed E-state index contributed by atoms with van der Waals surface area (Å²) in [6.45, 7) is 7.35. The van der Waals surface area contributed by atoms with Crippen LogP contribution in [-0.2, 0) is 14.3 Å². The Morgan fingerprint density at radius 3 is 1.93 bits per heavy atom. The lowest BCUT2D eigenvalue weighted by Gasteiger charge is -2.19. The van der Waals surface area contributed by atoms with Crippen molar-refractivity contribution in [1.82, 2.24) is 5.32 Å². The molecule has 0 aliphatic carbocycles. The Morgan fingerprint density at radius 1 is 1.14 bits per heavy atom. The molecule has 0 aliphatic rings. The third kappa shape index (κ3) is 3.77. The molecule has 4 heteroatoms. The first-order chi connectivity index (χ1) is 6.40. The molecular weight excluding hydrogens is 182 g/mol. The summed E-state index contributed by atoms with van der Waals surface area (Å²) in [5.41, 5.74) is 0. The van der Waals surface area contributed by atoms with Crippen molar-refractivity contribution in [3.05, 3.63) is 0 Å². The summed E-state index contributed by atoms with van der Waals surface area (Å²) in [7, 11) is 1.29. The van der Waals surface area contributed by atoms with Gasteiger partial charge in [-0.3, -0.25) is 9.59 Å². The molecule has 0 aliphatic heterocycles. The molecule has 0 saturated carbocycles. The van der Waals surface area contributed by atoms with Crippen LogP contribution in [0.2, 0.25) is 0 Å². The van der Waals surface area contributed by atoms with Crippen LogP contribution in [-0.4, -0.2) is 25.0 Å². The first-order valence-electron chi connectivity index (χ1n) is 4.78. The number of rotatable bonds is 4. The summed E-state index contributed by atoms with van der Waals surface area (Å²) in [5.74, 6) is -1.50. The van der Waals surface area contributed by atoms with E-state index in [1.165, 1.54) is 7.11 Å². The van der Waals surface area contributed by atoms with E-state index < -0.39 is 11.9 Å². The Kier molecular flexibility index (Phi) is 5.20. The molecule has 4 nitrogen and oxygen atoms in total. The highest BCUT2D eigenvalue weighted by Crippen LogP contribution is 2.12. The fourth-order valence-electron chi connectivity index (χ4n) is 1.18. The normalized spacial score (nSPS) is 12.8. The minimum absolute atomic E-state index is 0.0356. The fraction of sp³-hybridized carbons (Fsp3) is 0.800. The molecule has 0 bridgehead atoms. The van der Waals surface area contributed by atoms with Crippen LogP contribution >= 0.6 is 0 Å². The number of amides is 1. The van der Waals surface area contributed by atoms with Crippen molar-refractivity contribution in [2.45, 2.75) is 33.7 Å². The van der Waals surface area contributed by atoms with E-state index in [1.807, 2.05) is 27.7 Å². The molecule has 0 saturated heterocycles. The summed E-state index contributed by atoms with van der Waals surface area (Å²) >= 11 is 0. The van der Waals surface area contributed by atoms with Crippen LogP contribution in [0.1, 0.15) is 27.7 Å². The van der Waals surface area contributed by atoms with Crippen LogP contribution in [0.3, 0.4) is 0 Å². The number of nitrogens with one attached hydrogen (secondary N) is 1. The summed E-state index contributed by atoms with van der Waals surface area (Å²) < 4.78 is 4.58. The van der Waals surface area contributed by atoms with Gasteiger partial charge in [-0.05, 0) is 19.8 Å². The Bertz CT molecular complexity index is 211. The van der Waals surface area contributed by atoms with Gasteiger partial charge in [0.2, 0.25) is 5.91 Å². The molecule has 0 aromatic carbocycles. The average molecular weight is 201 g/mol. The smallest absolute Gasteiger partial charge is 0.318 e. The third-order valence-corrected chi connectivity index (χ3v) is 1.84. The number of esters is 1. The van der Waals surface area contributed by atoms with Crippen molar-refractivity contribution in [2.75, 3.05) is 7.11 Å². The predicted octanol–water partition coefficient (Wildman–Crippen LogP) is 0.956. The van der Waals surface area contributed by atoms with Gasteiger partial charge in [0.25, 0.3) is 0 Å². The molecule has 0 aromatic rings. The lowest BCUT2D eigenvalue weighted by Crippen LogP contribution is -2.41. The second-order valence-corrected chi connectivity index (χ2v) is 3.91. The lowest BCUT2D eigenvalue weighted by atomic mass is 9.95. The van der Waals surface area contributed by atoms with Crippen molar-refractivity contribution >= 4 is 11.9 Å². The highest BCUT2D eigenvalue weighted by atomic mass is 16.5. The topological polar surface area (TPSA) is 55.4 Å². The molecule has 0 fully saturated rings. The Labute approximate surface area is 85.0 Å². The van der Waals surface area contributed by atoms with Gasteiger partial charge in [0.05, 0.1) is 7.11 Å². The van der Waals surface area contributed by atoms with E-state index in [1.54, 1.807) is 0 Å². The molecule has 0 heterocycles. The van der Waals surface area contributed by atoms with Crippen molar-refractivity contribution in [2.24, 2.45) is 11.8 Å². The number of hydrogen-bond donors (Lipinski definition) is 1. The number of carbonyl (C=O) groups excluding carboxylic acids is 2. The molecule has 1 unspecified atom stereocenters. The fourth-order valence-corrected chi connectivity index (χ4v) is 1.18. The molecule has 0 rings (SSSR count). The molecular formula is C10H19NO3. The van der Waals surface area contributed by atoms with Gasteiger partial charge in [-0.25, -0.2) is 0 Å². The van der Waals surface area contributed by atoms with Gasteiger partial charge in [-0.15, -0.1) is 0 Å². The molecule has 82 valence electrons. The van der Waals surface area contributed by atoms with Crippen LogP contribution in [0.5, 0.6) is 0 Å². The van der Waals surface area contributed by atoms with E-state index in [0.29, 0.717) is 0 Å². The molecule has 1 amide bonds. The molecule has 0 radical (unpaired) electrons. The van der Waals surface area contributed by atoms with Crippen molar-refractivity contribution < 1.29 is 14.3 Å². The minimum Gasteiger partial charge on any atom is -0.468 e. The largest absolute Gasteiger partial charge is 0.468 e. The average Bonchev–Trinajstić information content (AvgIpc) is 2.01. The van der Waals surface area contributed by atoms with Crippen LogP contribution in [0.15, 0.2) is 0 Å². The predicted molar refractivity (Wildman–Crippen MR) is 53.6 cm³/mol. The molecule has 14 heavy (non-hydrogen) atoms. The second-order valence-electron chi connectivity index (χ2n) is 3.91. The first-order valence-corrected chi connectivity index (χ1v) is 4.78. The molecule has 1 atom stereocenters. The maximum absolute atomic E-state index is 11.6. The third-order valence-electron chi connectivity index (χ3n) is 1.84. The van der Waals surface area contributed by atoms with E-state index in [4.69, 9.17) is 0 Å². The number of carbonyl (C=O) groups is 2. The van der Waals surface area contributed by atoms with Crippen LogP contribution in [0.4, 0.5) is 0 Å². The second kappa shape index (κ2) is 5.62. The van der Waals surface area contributed by atoms with Gasteiger partial charge in [0, 0.05) is 6.04 Å². The van der Waals surface area contributed by atoms with Crippen molar-refractivity contribution in [3.8, 4) is 0 Å². The summed E-state index contributed by atoms with van der Waals surface area (Å²) in [6, 6.07) is 0.0356. The minimum atomic E-state index is -0.706. The van der Waals surface area contributed by atoms with Crippen molar-refractivity contribution in [1.29, 1.82) is 0 Å². The SMILES string of the molecule is COC(=O)C(C(=O)NC(C)C)C(C)C. The maximum atomic E-state index is 11.6. The van der Waals surface area contributed by atoms with Crippen molar-refractivity contribution in [3.63, 3.8) is 0 Å². The number of methoxy groups -OCH3 is 1. The highest BCUT2D eigenvalue weighted by Gasteiger charge is 2.30. The zero-order valence-electron chi connectivity index (χ0n) is 9.46. The van der Waals surface area contributed by atoms with Gasteiger partial charge in [-0.2, -0.15) is 0 Å². The van der Waals surface area contributed by atoms with Crippen LogP contribution in [0.25, 0.3) is 0 Å². The highest BCUT2D eigenvalue weighted by molar-refractivity contribution is 5.98. The lowest BCUT2D eigenvalue weighted by molar-refractivity contribution is -0.152. The van der Waals surface area contributed by atoms with Gasteiger partial charge >= 0.3 is 5.97 Å².